The zero-order valence-electron chi connectivity index (χ0n) is 9.77. The molecule has 0 aromatic heterocycles. The molecule has 2 heteroatoms. The van der Waals surface area contributed by atoms with Gasteiger partial charge in [-0.05, 0) is 43.4 Å². The first-order chi connectivity index (χ1) is 8.25. The summed E-state index contributed by atoms with van der Waals surface area (Å²) in [6, 6.07) is 5.96. The van der Waals surface area contributed by atoms with Crippen molar-refractivity contribution in [2.75, 3.05) is 0 Å². The van der Waals surface area contributed by atoms with Crippen molar-refractivity contribution in [2.24, 2.45) is 0 Å². The zero-order chi connectivity index (χ0) is 12.1. The second-order valence-electron chi connectivity index (χ2n) is 4.38. The molecule has 0 bridgehead atoms. The van der Waals surface area contributed by atoms with Gasteiger partial charge in [0.15, 0.2) is 0 Å². The van der Waals surface area contributed by atoms with E-state index in [2.05, 4.69) is 6.08 Å². The monoisotopic (exact) mass is 232 g/mol. The number of aliphatic hydroxyl groups is 1. The van der Waals surface area contributed by atoms with E-state index >= 15 is 0 Å². The second kappa shape index (κ2) is 5.78. The molecule has 0 aliphatic heterocycles. The van der Waals surface area contributed by atoms with Crippen LogP contribution in [0, 0.1) is 5.82 Å². The molecule has 2 rings (SSSR count). The maximum absolute atomic E-state index is 12.7. The van der Waals surface area contributed by atoms with E-state index in [0.717, 1.165) is 18.4 Å². The quantitative estimate of drug-likeness (QED) is 0.837. The van der Waals surface area contributed by atoms with Crippen LogP contribution < -0.4 is 0 Å². The van der Waals surface area contributed by atoms with E-state index < -0.39 is 6.10 Å². The summed E-state index contributed by atoms with van der Waals surface area (Å²) in [5.41, 5.74) is 2.01. The molecule has 0 saturated carbocycles. The van der Waals surface area contributed by atoms with Crippen LogP contribution in [0.5, 0.6) is 0 Å². The van der Waals surface area contributed by atoms with Crippen LogP contribution in [-0.2, 0) is 0 Å². The Morgan fingerprint density at radius 2 is 1.94 bits per heavy atom. The highest BCUT2D eigenvalue weighted by molar-refractivity contribution is 5.26. The highest BCUT2D eigenvalue weighted by atomic mass is 19.1. The van der Waals surface area contributed by atoms with Gasteiger partial charge in [0.1, 0.15) is 5.82 Å². The van der Waals surface area contributed by atoms with Crippen LogP contribution in [0.4, 0.5) is 4.39 Å². The predicted molar refractivity (Wildman–Crippen MR) is 67.1 cm³/mol. The molecule has 0 heterocycles. The number of benzene rings is 1. The lowest BCUT2D eigenvalue weighted by Gasteiger charge is -2.10. The molecule has 1 nitrogen and oxygen atoms in total. The van der Waals surface area contributed by atoms with Gasteiger partial charge in [0.2, 0.25) is 0 Å². The van der Waals surface area contributed by atoms with Crippen LogP contribution in [0.15, 0.2) is 48.1 Å². The number of allylic oxidation sites excluding steroid dienone is 3. The molecule has 1 aromatic rings. The molecule has 0 radical (unpaired) electrons. The minimum absolute atomic E-state index is 0.278. The van der Waals surface area contributed by atoms with Gasteiger partial charge in [0.05, 0.1) is 6.10 Å². The Hall–Kier alpha value is -1.41. The summed E-state index contributed by atoms with van der Waals surface area (Å²) in [6.07, 6.45) is 10.0. The average Bonchev–Trinajstić information content (AvgIpc) is 2.38. The van der Waals surface area contributed by atoms with Gasteiger partial charge in [0, 0.05) is 0 Å². The largest absolute Gasteiger partial charge is 0.384 e. The fourth-order valence-electron chi connectivity index (χ4n) is 2.00. The lowest BCUT2D eigenvalue weighted by atomic mass is 9.98. The van der Waals surface area contributed by atoms with Gasteiger partial charge in [-0.1, -0.05) is 35.9 Å². The van der Waals surface area contributed by atoms with Crippen molar-refractivity contribution in [2.45, 2.75) is 31.8 Å². The maximum Gasteiger partial charge on any atom is 0.123 e. The first kappa shape index (κ1) is 12.1. The van der Waals surface area contributed by atoms with Crippen LogP contribution in [0.25, 0.3) is 0 Å². The van der Waals surface area contributed by atoms with Crippen LogP contribution in [0.3, 0.4) is 0 Å². The topological polar surface area (TPSA) is 20.2 Å². The molecule has 0 amide bonds. The van der Waals surface area contributed by atoms with Gasteiger partial charge in [-0.3, -0.25) is 0 Å². The molecule has 1 atom stereocenters. The number of halogens is 1. The van der Waals surface area contributed by atoms with Gasteiger partial charge < -0.3 is 5.11 Å². The summed E-state index contributed by atoms with van der Waals surface area (Å²) in [4.78, 5) is 0. The Morgan fingerprint density at radius 1 is 1.18 bits per heavy atom. The van der Waals surface area contributed by atoms with Crippen LogP contribution in [0.1, 0.15) is 37.4 Å². The molecule has 17 heavy (non-hydrogen) atoms. The third kappa shape index (κ3) is 3.53. The Labute approximate surface area is 101 Å². The van der Waals surface area contributed by atoms with E-state index in [1.807, 2.05) is 6.08 Å². The van der Waals surface area contributed by atoms with E-state index in [-0.39, 0.29) is 5.82 Å². The normalized spacial score (nSPS) is 18.1. The molecule has 1 aromatic carbocycles. The van der Waals surface area contributed by atoms with Crippen molar-refractivity contribution in [1.82, 2.24) is 0 Å². The van der Waals surface area contributed by atoms with Gasteiger partial charge in [-0.15, -0.1) is 0 Å². The first-order valence-electron chi connectivity index (χ1n) is 6.06. The number of hydrogen-bond donors (Lipinski definition) is 1. The summed E-state index contributed by atoms with van der Waals surface area (Å²) >= 11 is 0. The van der Waals surface area contributed by atoms with Crippen LogP contribution in [0.2, 0.25) is 0 Å². The van der Waals surface area contributed by atoms with Crippen molar-refractivity contribution in [3.05, 3.63) is 59.4 Å². The second-order valence-corrected chi connectivity index (χ2v) is 4.38. The summed E-state index contributed by atoms with van der Waals surface area (Å²) in [5, 5.41) is 9.91. The fraction of sp³-hybridized carbons (Fsp3) is 0.333. The molecule has 1 aliphatic rings. The van der Waals surface area contributed by atoms with Gasteiger partial charge >= 0.3 is 0 Å². The SMILES string of the molecule is O[C@@H](/C=C/C1=CCCCC1)c1ccc(F)cc1. The van der Waals surface area contributed by atoms with E-state index in [1.54, 1.807) is 18.2 Å². The van der Waals surface area contributed by atoms with Gasteiger partial charge in [0.25, 0.3) is 0 Å². The standard InChI is InChI=1S/C15H17FO/c16-14-9-7-13(8-10-14)15(17)11-6-12-4-2-1-3-5-12/h4,6-11,15,17H,1-3,5H2/b11-6+/t15-/m0/s1. The number of hydrogen-bond acceptors (Lipinski definition) is 1. The van der Waals surface area contributed by atoms with Crippen molar-refractivity contribution in [3.8, 4) is 0 Å². The molecule has 0 spiro atoms. The molecule has 0 fully saturated rings. The van der Waals surface area contributed by atoms with Crippen LogP contribution >= 0.6 is 0 Å². The van der Waals surface area contributed by atoms with Gasteiger partial charge in [-0.2, -0.15) is 0 Å². The number of rotatable bonds is 3. The summed E-state index contributed by atoms with van der Waals surface area (Å²) in [5.74, 6) is -0.278. The highest BCUT2D eigenvalue weighted by Gasteiger charge is 2.04. The summed E-state index contributed by atoms with van der Waals surface area (Å²) in [7, 11) is 0. The highest BCUT2D eigenvalue weighted by Crippen LogP contribution is 2.21. The Bertz CT molecular complexity index is 417. The van der Waals surface area contributed by atoms with E-state index in [1.165, 1.54) is 30.5 Å². The van der Waals surface area contributed by atoms with Crippen molar-refractivity contribution in [1.29, 1.82) is 0 Å². The predicted octanol–water partition coefficient (Wildman–Crippen LogP) is 3.92. The lowest BCUT2D eigenvalue weighted by molar-refractivity contribution is 0.228. The van der Waals surface area contributed by atoms with Crippen molar-refractivity contribution in [3.63, 3.8) is 0 Å². The fourth-order valence-corrected chi connectivity index (χ4v) is 2.00. The van der Waals surface area contributed by atoms with Crippen LogP contribution in [-0.4, -0.2) is 5.11 Å². The van der Waals surface area contributed by atoms with E-state index in [0.29, 0.717) is 0 Å². The molecule has 90 valence electrons. The third-order valence-electron chi connectivity index (χ3n) is 3.03. The number of aliphatic hydroxyl groups excluding tert-OH is 1. The van der Waals surface area contributed by atoms with Crippen molar-refractivity contribution >= 4 is 0 Å². The lowest BCUT2D eigenvalue weighted by Crippen LogP contribution is -1.94. The van der Waals surface area contributed by atoms with E-state index in [9.17, 15) is 9.50 Å². The Morgan fingerprint density at radius 3 is 2.59 bits per heavy atom. The molecule has 0 saturated heterocycles. The minimum Gasteiger partial charge on any atom is -0.384 e. The summed E-state index contributed by atoms with van der Waals surface area (Å²) in [6.45, 7) is 0. The molecular weight excluding hydrogens is 215 g/mol. The van der Waals surface area contributed by atoms with E-state index in [4.69, 9.17) is 0 Å². The Balaban J connectivity index is 2.00. The maximum atomic E-state index is 12.7. The zero-order valence-corrected chi connectivity index (χ0v) is 9.77. The van der Waals surface area contributed by atoms with Crippen molar-refractivity contribution < 1.29 is 9.50 Å². The molecular formula is C15H17FO. The third-order valence-corrected chi connectivity index (χ3v) is 3.03. The molecule has 0 unspecified atom stereocenters. The minimum atomic E-state index is -0.654. The summed E-state index contributed by atoms with van der Waals surface area (Å²) < 4.78 is 12.7. The molecule has 1 aliphatic carbocycles. The smallest absolute Gasteiger partial charge is 0.123 e. The first-order valence-corrected chi connectivity index (χ1v) is 6.06. The van der Waals surface area contributed by atoms with Gasteiger partial charge in [-0.25, -0.2) is 4.39 Å². The Kier molecular flexibility index (Phi) is 4.10. The average molecular weight is 232 g/mol. The molecule has 1 N–H and O–H groups in total.